The van der Waals surface area contributed by atoms with Crippen molar-refractivity contribution >= 4 is 44.6 Å². The van der Waals surface area contributed by atoms with Crippen LogP contribution in [0.1, 0.15) is 0 Å². The molecule has 0 aliphatic heterocycles. The molecule has 0 saturated heterocycles. The van der Waals surface area contributed by atoms with Crippen molar-refractivity contribution in [2.45, 2.75) is 0 Å². The summed E-state index contributed by atoms with van der Waals surface area (Å²) in [6.45, 7) is 0. The van der Waals surface area contributed by atoms with Crippen LogP contribution in [-0.4, -0.2) is 4.57 Å². The third-order valence-electron chi connectivity index (χ3n) is 11.0. The molecule has 57 heavy (non-hydrogen) atoms. The van der Waals surface area contributed by atoms with Gasteiger partial charge in [0, 0.05) is 39.2 Å². The van der Waals surface area contributed by atoms with E-state index < -0.39 is 0 Å². The standard InChI is InChI=1S/C54H39N3/c55-46-28-18-41(19-29-46)39-14-16-40(17-15-39)43-22-32-48(33-23-43)56(47-30-20-42(21-31-47)38-8-2-1-3-9-38)49-34-24-44(25-35-49)45-26-36-50(37-27-45)57-53-12-6-4-10-51(53)52-11-5-7-13-54(52)57/h1-37H,55H2. The van der Waals surface area contributed by atoms with Crippen molar-refractivity contribution in [3.8, 4) is 50.2 Å². The van der Waals surface area contributed by atoms with E-state index in [0.29, 0.717) is 0 Å². The van der Waals surface area contributed by atoms with E-state index in [9.17, 15) is 0 Å². The van der Waals surface area contributed by atoms with Gasteiger partial charge in [0.1, 0.15) is 0 Å². The van der Waals surface area contributed by atoms with Gasteiger partial charge >= 0.3 is 0 Å². The fraction of sp³-hybridized carbons (Fsp3) is 0. The molecular formula is C54H39N3. The van der Waals surface area contributed by atoms with Crippen LogP contribution in [0.25, 0.3) is 72.0 Å². The highest BCUT2D eigenvalue weighted by Gasteiger charge is 2.15. The summed E-state index contributed by atoms with van der Waals surface area (Å²) in [7, 11) is 0. The van der Waals surface area contributed by atoms with Gasteiger partial charge in [0.15, 0.2) is 0 Å². The highest BCUT2D eigenvalue weighted by Crippen LogP contribution is 2.39. The van der Waals surface area contributed by atoms with Gasteiger partial charge in [0.05, 0.1) is 11.0 Å². The molecule has 0 bridgehead atoms. The van der Waals surface area contributed by atoms with E-state index in [1.54, 1.807) is 0 Å². The van der Waals surface area contributed by atoms with Crippen LogP contribution in [0.5, 0.6) is 0 Å². The third kappa shape index (κ3) is 6.52. The Hall–Kier alpha value is -7.62. The van der Waals surface area contributed by atoms with Crippen LogP contribution in [0.2, 0.25) is 0 Å². The van der Waals surface area contributed by atoms with Gasteiger partial charge in [0.2, 0.25) is 0 Å². The molecule has 0 saturated carbocycles. The van der Waals surface area contributed by atoms with Crippen molar-refractivity contribution in [3.63, 3.8) is 0 Å². The van der Waals surface area contributed by atoms with Crippen molar-refractivity contribution in [1.29, 1.82) is 0 Å². The predicted octanol–water partition coefficient (Wildman–Crippen LogP) is 14.5. The number of aromatic nitrogens is 1. The topological polar surface area (TPSA) is 34.2 Å². The number of hydrogen-bond acceptors (Lipinski definition) is 2. The Labute approximate surface area is 333 Å². The largest absolute Gasteiger partial charge is 0.399 e. The molecule has 0 atom stereocenters. The minimum atomic E-state index is 0.772. The molecule has 2 N–H and O–H groups in total. The monoisotopic (exact) mass is 729 g/mol. The van der Waals surface area contributed by atoms with Crippen LogP contribution in [0.4, 0.5) is 22.7 Å². The Morgan fingerprint density at radius 1 is 0.281 bits per heavy atom. The average Bonchev–Trinajstić information content (AvgIpc) is 3.62. The summed E-state index contributed by atoms with van der Waals surface area (Å²) in [5.41, 5.74) is 23.0. The molecule has 1 aromatic heterocycles. The van der Waals surface area contributed by atoms with E-state index in [-0.39, 0.29) is 0 Å². The lowest BCUT2D eigenvalue weighted by Gasteiger charge is -2.26. The molecule has 270 valence electrons. The lowest BCUT2D eigenvalue weighted by molar-refractivity contribution is 1.18. The number of fused-ring (bicyclic) bond motifs is 3. The Morgan fingerprint density at radius 3 is 0.982 bits per heavy atom. The average molecular weight is 730 g/mol. The zero-order valence-corrected chi connectivity index (χ0v) is 31.3. The lowest BCUT2D eigenvalue weighted by atomic mass is 9.99. The predicted molar refractivity (Wildman–Crippen MR) is 242 cm³/mol. The fourth-order valence-corrected chi connectivity index (χ4v) is 8.02. The lowest BCUT2D eigenvalue weighted by Crippen LogP contribution is -2.09. The molecule has 0 aliphatic carbocycles. The molecule has 0 fully saturated rings. The van der Waals surface area contributed by atoms with Crippen LogP contribution in [0.15, 0.2) is 224 Å². The second-order valence-corrected chi connectivity index (χ2v) is 14.5. The SMILES string of the molecule is Nc1ccc(-c2ccc(-c3ccc(N(c4ccc(-c5ccccc5)cc4)c4ccc(-c5ccc(-n6c7ccccc7c7ccccc76)cc5)cc4)cc3)cc2)cc1. The van der Waals surface area contributed by atoms with Crippen molar-refractivity contribution in [2.24, 2.45) is 0 Å². The zero-order valence-electron chi connectivity index (χ0n) is 31.3. The number of nitrogen functional groups attached to an aromatic ring is 1. The Morgan fingerprint density at radius 2 is 0.579 bits per heavy atom. The number of anilines is 4. The smallest absolute Gasteiger partial charge is 0.0541 e. The van der Waals surface area contributed by atoms with Crippen molar-refractivity contribution in [3.05, 3.63) is 224 Å². The molecule has 0 aliphatic rings. The van der Waals surface area contributed by atoms with Crippen LogP contribution in [0, 0.1) is 0 Å². The summed E-state index contributed by atoms with van der Waals surface area (Å²) in [6.07, 6.45) is 0. The second kappa shape index (κ2) is 14.6. The number of nitrogens with zero attached hydrogens (tertiary/aromatic N) is 2. The van der Waals surface area contributed by atoms with Gasteiger partial charge in [-0.1, -0.05) is 152 Å². The minimum absolute atomic E-state index is 0.772. The highest BCUT2D eigenvalue weighted by molar-refractivity contribution is 6.09. The van der Waals surface area contributed by atoms with Crippen LogP contribution in [0.3, 0.4) is 0 Å². The summed E-state index contributed by atoms with van der Waals surface area (Å²) in [5.74, 6) is 0. The number of nitrogens with two attached hydrogens (primary N) is 1. The molecule has 10 rings (SSSR count). The van der Waals surface area contributed by atoms with Gasteiger partial charge in [-0.3, -0.25) is 0 Å². The van der Waals surface area contributed by atoms with Crippen LogP contribution in [-0.2, 0) is 0 Å². The van der Waals surface area contributed by atoms with E-state index in [1.807, 2.05) is 12.1 Å². The quantitative estimate of drug-likeness (QED) is 0.158. The van der Waals surface area contributed by atoms with Crippen LogP contribution >= 0.6 is 0 Å². The number of para-hydroxylation sites is 2. The molecule has 0 radical (unpaired) electrons. The molecule has 0 amide bonds. The first-order chi connectivity index (χ1) is 28.2. The second-order valence-electron chi connectivity index (χ2n) is 14.5. The van der Waals surface area contributed by atoms with Gasteiger partial charge in [-0.05, 0) is 117 Å². The number of rotatable bonds is 8. The Balaban J connectivity index is 0.962. The first-order valence-electron chi connectivity index (χ1n) is 19.4. The third-order valence-corrected chi connectivity index (χ3v) is 11.0. The first-order valence-corrected chi connectivity index (χ1v) is 19.4. The van der Waals surface area contributed by atoms with E-state index in [2.05, 4.69) is 222 Å². The molecule has 9 aromatic carbocycles. The van der Waals surface area contributed by atoms with Crippen LogP contribution < -0.4 is 10.6 Å². The normalized spacial score (nSPS) is 11.2. The zero-order chi connectivity index (χ0) is 38.1. The maximum absolute atomic E-state index is 5.91. The molecule has 1 heterocycles. The minimum Gasteiger partial charge on any atom is -0.399 e. The van der Waals surface area contributed by atoms with Gasteiger partial charge in [-0.25, -0.2) is 0 Å². The molecular weight excluding hydrogens is 691 g/mol. The van der Waals surface area contributed by atoms with Crippen molar-refractivity contribution in [1.82, 2.24) is 4.57 Å². The summed E-state index contributed by atoms with van der Waals surface area (Å²) < 4.78 is 2.36. The fourth-order valence-electron chi connectivity index (χ4n) is 8.02. The summed E-state index contributed by atoms with van der Waals surface area (Å²) >= 11 is 0. The van der Waals surface area contributed by atoms with Gasteiger partial charge < -0.3 is 15.2 Å². The summed E-state index contributed by atoms with van der Waals surface area (Å²) in [4.78, 5) is 2.33. The van der Waals surface area contributed by atoms with Crippen molar-refractivity contribution < 1.29 is 0 Å². The van der Waals surface area contributed by atoms with E-state index in [0.717, 1.165) is 34.0 Å². The Bertz CT molecular complexity index is 2890. The highest BCUT2D eigenvalue weighted by atomic mass is 15.1. The van der Waals surface area contributed by atoms with Crippen molar-refractivity contribution in [2.75, 3.05) is 10.6 Å². The van der Waals surface area contributed by atoms with E-state index >= 15 is 0 Å². The molecule has 0 unspecified atom stereocenters. The first kappa shape index (κ1) is 33.9. The van der Waals surface area contributed by atoms with Gasteiger partial charge in [-0.2, -0.15) is 0 Å². The van der Waals surface area contributed by atoms with E-state index in [4.69, 9.17) is 5.73 Å². The molecule has 10 aromatic rings. The van der Waals surface area contributed by atoms with E-state index in [1.165, 1.54) is 60.8 Å². The summed E-state index contributed by atoms with van der Waals surface area (Å²) in [6, 6.07) is 80.1. The Kier molecular flexibility index (Phi) is 8.66. The van der Waals surface area contributed by atoms with Gasteiger partial charge in [-0.15, -0.1) is 0 Å². The molecule has 0 spiro atoms. The number of hydrogen-bond donors (Lipinski definition) is 1. The summed E-state index contributed by atoms with van der Waals surface area (Å²) in [5, 5.41) is 2.54. The maximum atomic E-state index is 5.91. The molecule has 3 heteroatoms. The maximum Gasteiger partial charge on any atom is 0.0541 e. The van der Waals surface area contributed by atoms with Gasteiger partial charge in [0.25, 0.3) is 0 Å². The number of benzene rings is 9. The molecule has 3 nitrogen and oxygen atoms in total.